The minimum Gasteiger partial charge on any atom is -0.399 e. The van der Waals surface area contributed by atoms with E-state index in [1.165, 1.54) is 27.8 Å². The molecule has 0 atom stereocenters. The zero-order valence-corrected chi connectivity index (χ0v) is 15.4. The molecule has 0 aliphatic heterocycles. The van der Waals surface area contributed by atoms with Crippen LogP contribution < -0.4 is 5.73 Å². The number of benzene rings is 3. The topological polar surface area (TPSA) is 30.4 Å². The number of aromatic nitrogens is 1. The average molecular weight is 360 g/mol. The van der Waals surface area contributed by atoms with Crippen LogP contribution in [0.25, 0.3) is 39.0 Å². The van der Waals surface area contributed by atoms with Crippen molar-refractivity contribution in [3.8, 4) is 33.5 Å². The first-order valence-corrected chi connectivity index (χ1v) is 9.42. The van der Waals surface area contributed by atoms with Crippen LogP contribution in [-0.2, 0) is 0 Å². The lowest BCUT2D eigenvalue weighted by Gasteiger charge is -2.08. The first-order valence-electron chi connectivity index (χ1n) is 9.42. The molecule has 0 unspecified atom stereocenters. The quantitative estimate of drug-likeness (QED) is 0.365. The van der Waals surface area contributed by atoms with Gasteiger partial charge in [-0.1, -0.05) is 78.9 Å². The maximum absolute atomic E-state index is 5.89. The highest BCUT2D eigenvalue weighted by Gasteiger charge is 2.16. The third-order valence-electron chi connectivity index (χ3n) is 5.16. The second-order valence-electron chi connectivity index (χ2n) is 6.94. The first kappa shape index (κ1) is 16.4. The summed E-state index contributed by atoms with van der Waals surface area (Å²) in [5.41, 5.74) is 15.1. The fraction of sp³-hybridized carbons (Fsp3) is 0. The number of nitrogens with zero attached hydrogens (tertiary/aromatic N) is 1. The summed E-state index contributed by atoms with van der Waals surface area (Å²) in [7, 11) is 0. The average Bonchev–Trinajstić information content (AvgIpc) is 3.15. The Morgan fingerprint density at radius 1 is 0.536 bits per heavy atom. The molecule has 0 bridgehead atoms. The summed E-state index contributed by atoms with van der Waals surface area (Å²) in [6.07, 6.45) is 2.25. The Labute approximate surface area is 164 Å². The summed E-state index contributed by atoms with van der Waals surface area (Å²) in [5.74, 6) is 0. The van der Waals surface area contributed by atoms with E-state index in [4.69, 9.17) is 5.73 Å². The molecule has 0 aliphatic rings. The Kier molecular flexibility index (Phi) is 3.95. The van der Waals surface area contributed by atoms with Gasteiger partial charge in [0.2, 0.25) is 0 Å². The molecule has 3 aromatic carbocycles. The van der Waals surface area contributed by atoms with Gasteiger partial charge < -0.3 is 10.1 Å². The molecular formula is C26H20N2. The first-order chi connectivity index (χ1) is 13.8. The van der Waals surface area contributed by atoms with Crippen LogP contribution in [0.4, 0.5) is 5.69 Å². The molecule has 5 aromatic rings. The van der Waals surface area contributed by atoms with Crippen LogP contribution >= 0.6 is 0 Å². The molecular weight excluding hydrogens is 340 g/mol. The van der Waals surface area contributed by atoms with Gasteiger partial charge in [0, 0.05) is 23.0 Å². The van der Waals surface area contributed by atoms with E-state index in [1.807, 2.05) is 12.1 Å². The van der Waals surface area contributed by atoms with Crippen LogP contribution in [0, 0.1) is 0 Å². The number of hydrogen-bond acceptors (Lipinski definition) is 1. The molecule has 0 spiro atoms. The Morgan fingerprint density at radius 2 is 1.18 bits per heavy atom. The lowest BCUT2D eigenvalue weighted by Crippen LogP contribution is -1.91. The molecule has 134 valence electrons. The van der Waals surface area contributed by atoms with Gasteiger partial charge in [0.1, 0.15) is 0 Å². The van der Waals surface area contributed by atoms with Gasteiger partial charge in [-0.3, -0.25) is 0 Å². The van der Waals surface area contributed by atoms with Crippen molar-refractivity contribution in [1.82, 2.24) is 4.40 Å². The highest BCUT2D eigenvalue weighted by Crippen LogP contribution is 2.39. The van der Waals surface area contributed by atoms with Gasteiger partial charge >= 0.3 is 0 Å². The summed E-state index contributed by atoms with van der Waals surface area (Å²) in [4.78, 5) is 0. The van der Waals surface area contributed by atoms with Crippen LogP contribution in [0.1, 0.15) is 0 Å². The van der Waals surface area contributed by atoms with Gasteiger partial charge in [0.05, 0.1) is 11.2 Å². The molecule has 28 heavy (non-hydrogen) atoms. The molecule has 5 rings (SSSR count). The highest BCUT2D eigenvalue weighted by molar-refractivity contribution is 5.95. The fourth-order valence-electron chi connectivity index (χ4n) is 3.83. The number of pyridine rings is 1. The summed E-state index contributed by atoms with van der Waals surface area (Å²) in [6.45, 7) is 0. The highest BCUT2D eigenvalue weighted by atomic mass is 14.9. The molecule has 2 aromatic heterocycles. The molecule has 0 aliphatic carbocycles. The smallest absolute Gasteiger partial charge is 0.0541 e. The number of fused-ring (bicyclic) bond motifs is 1. The van der Waals surface area contributed by atoms with Crippen LogP contribution in [-0.4, -0.2) is 4.40 Å². The lowest BCUT2D eigenvalue weighted by atomic mass is 9.97. The van der Waals surface area contributed by atoms with Crippen LogP contribution in [0.3, 0.4) is 0 Å². The molecule has 0 fully saturated rings. The standard InChI is InChI=1S/C26H20N2/c27-22-16-14-20(15-17-22)24-12-7-13-25-26(21-10-5-2-6-11-21)23(18-28(24)25)19-8-3-1-4-9-19/h1-18H,27H2. The Balaban J connectivity index is 1.83. The van der Waals surface area contributed by atoms with E-state index in [2.05, 4.69) is 102 Å². The number of nitrogen functional groups attached to an aromatic ring is 1. The van der Waals surface area contributed by atoms with Crippen LogP contribution in [0.5, 0.6) is 0 Å². The number of nitrogens with two attached hydrogens (primary N) is 1. The minimum absolute atomic E-state index is 0.776. The summed E-state index contributed by atoms with van der Waals surface area (Å²) < 4.78 is 2.29. The monoisotopic (exact) mass is 360 g/mol. The third kappa shape index (κ3) is 2.76. The van der Waals surface area contributed by atoms with Gasteiger partial charge in [-0.05, 0) is 41.0 Å². The zero-order chi connectivity index (χ0) is 18.9. The van der Waals surface area contributed by atoms with E-state index >= 15 is 0 Å². The van der Waals surface area contributed by atoms with Crippen molar-refractivity contribution in [2.45, 2.75) is 0 Å². The SMILES string of the molecule is Nc1ccc(-c2cccc3c(-c4ccccc4)c(-c4ccccc4)cn23)cc1. The summed E-state index contributed by atoms with van der Waals surface area (Å²) in [5, 5.41) is 0. The van der Waals surface area contributed by atoms with Gasteiger partial charge in [-0.25, -0.2) is 0 Å². The van der Waals surface area contributed by atoms with Crippen molar-refractivity contribution >= 4 is 11.2 Å². The van der Waals surface area contributed by atoms with Crippen molar-refractivity contribution in [3.63, 3.8) is 0 Å². The summed E-state index contributed by atoms with van der Waals surface area (Å²) >= 11 is 0. The van der Waals surface area contributed by atoms with Crippen molar-refractivity contribution in [3.05, 3.63) is 109 Å². The number of hydrogen-bond donors (Lipinski definition) is 1. The molecule has 2 nitrogen and oxygen atoms in total. The van der Waals surface area contributed by atoms with E-state index in [1.54, 1.807) is 0 Å². The van der Waals surface area contributed by atoms with E-state index in [0.29, 0.717) is 0 Å². The predicted octanol–water partition coefficient (Wildman–Crippen LogP) is 6.52. The summed E-state index contributed by atoms with van der Waals surface area (Å²) in [6, 6.07) is 35.7. The second-order valence-corrected chi connectivity index (χ2v) is 6.94. The molecule has 0 amide bonds. The molecule has 0 saturated heterocycles. The molecule has 0 radical (unpaired) electrons. The van der Waals surface area contributed by atoms with Crippen molar-refractivity contribution in [1.29, 1.82) is 0 Å². The second kappa shape index (κ2) is 6.75. The van der Waals surface area contributed by atoms with E-state index in [0.717, 1.165) is 16.9 Å². The van der Waals surface area contributed by atoms with Crippen LogP contribution in [0.2, 0.25) is 0 Å². The van der Waals surface area contributed by atoms with Gasteiger partial charge in [0.25, 0.3) is 0 Å². The van der Waals surface area contributed by atoms with Crippen molar-refractivity contribution < 1.29 is 0 Å². The number of anilines is 1. The Bertz CT molecular complexity index is 1230. The van der Waals surface area contributed by atoms with Gasteiger partial charge in [-0.2, -0.15) is 0 Å². The predicted molar refractivity (Wildman–Crippen MR) is 118 cm³/mol. The zero-order valence-electron chi connectivity index (χ0n) is 15.4. The molecule has 2 N–H and O–H groups in total. The lowest BCUT2D eigenvalue weighted by molar-refractivity contribution is 1.21. The molecule has 2 heteroatoms. The van der Waals surface area contributed by atoms with E-state index < -0.39 is 0 Å². The van der Waals surface area contributed by atoms with Crippen molar-refractivity contribution in [2.24, 2.45) is 0 Å². The van der Waals surface area contributed by atoms with E-state index in [9.17, 15) is 0 Å². The Hall–Kier alpha value is -3.78. The van der Waals surface area contributed by atoms with E-state index in [-0.39, 0.29) is 0 Å². The molecule has 2 heterocycles. The minimum atomic E-state index is 0.776. The Morgan fingerprint density at radius 3 is 1.86 bits per heavy atom. The fourth-order valence-corrected chi connectivity index (χ4v) is 3.83. The molecule has 0 saturated carbocycles. The largest absolute Gasteiger partial charge is 0.399 e. The van der Waals surface area contributed by atoms with Gasteiger partial charge in [0.15, 0.2) is 0 Å². The maximum atomic E-state index is 5.89. The third-order valence-corrected chi connectivity index (χ3v) is 5.16. The number of rotatable bonds is 3. The van der Waals surface area contributed by atoms with Gasteiger partial charge in [-0.15, -0.1) is 0 Å². The normalized spacial score (nSPS) is 11.0. The van der Waals surface area contributed by atoms with Crippen molar-refractivity contribution in [2.75, 3.05) is 5.73 Å². The maximum Gasteiger partial charge on any atom is 0.0541 e. The van der Waals surface area contributed by atoms with Crippen LogP contribution in [0.15, 0.2) is 109 Å².